The Hall–Kier alpha value is -1.66. The van der Waals surface area contributed by atoms with Gasteiger partial charge < -0.3 is 9.88 Å². The summed E-state index contributed by atoms with van der Waals surface area (Å²) in [5.41, 5.74) is 2.05. The van der Waals surface area contributed by atoms with E-state index in [1.807, 2.05) is 22.9 Å². The first-order chi connectivity index (χ1) is 11.1. The molecule has 0 unspecified atom stereocenters. The molecule has 2 heterocycles. The van der Waals surface area contributed by atoms with Crippen LogP contribution in [-0.2, 0) is 6.54 Å². The van der Waals surface area contributed by atoms with Crippen LogP contribution in [0.4, 0.5) is 4.39 Å². The van der Waals surface area contributed by atoms with E-state index in [0.717, 1.165) is 21.1 Å². The van der Waals surface area contributed by atoms with Crippen molar-refractivity contribution in [2.45, 2.75) is 19.9 Å². The molecule has 0 aliphatic rings. The summed E-state index contributed by atoms with van der Waals surface area (Å²) >= 11 is 5.09. The Balaban J connectivity index is 2.07. The molecule has 0 spiro atoms. The molecule has 3 rings (SSSR count). The molecule has 0 atom stereocenters. The molecule has 0 radical (unpaired) electrons. The van der Waals surface area contributed by atoms with Gasteiger partial charge in [-0.1, -0.05) is 25.1 Å². The van der Waals surface area contributed by atoms with Crippen molar-refractivity contribution in [3.8, 4) is 0 Å². The van der Waals surface area contributed by atoms with Crippen molar-refractivity contribution in [2.75, 3.05) is 6.54 Å². The molecular weight excluding hydrogens is 379 g/mol. The van der Waals surface area contributed by atoms with E-state index in [2.05, 4.69) is 21.2 Å². The minimum atomic E-state index is -0.263. The zero-order chi connectivity index (χ0) is 16.4. The minimum Gasteiger partial charge on any atom is -0.351 e. The van der Waals surface area contributed by atoms with E-state index in [9.17, 15) is 9.18 Å². The second-order valence-electron chi connectivity index (χ2n) is 5.26. The number of halogens is 2. The quantitative estimate of drug-likeness (QED) is 0.662. The molecule has 0 aliphatic heterocycles. The molecule has 3 nitrogen and oxygen atoms in total. The van der Waals surface area contributed by atoms with Crippen LogP contribution in [0.25, 0.3) is 10.2 Å². The van der Waals surface area contributed by atoms with Crippen molar-refractivity contribution in [3.05, 3.63) is 57.3 Å². The minimum absolute atomic E-state index is 0.126. The van der Waals surface area contributed by atoms with Crippen LogP contribution >= 0.6 is 27.3 Å². The Kier molecular flexibility index (Phi) is 4.82. The summed E-state index contributed by atoms with van der Waals surface area (Å²) in [6.45, 7) is 2.95. The van der Waals surface area contributed by atoms with Gasteiger partial charge in [0.05, 0.1) is 21.2 Å². The lowest BCUT2D eigenvalue weighted by Gasteiger charge is -2.11. The van der Waals surface area contributed by atoms with E-state index in [1.165, 1.54) is 6.07 Å². The van der Waals surface area contributed by atoms with Gasteiger partial charge in [-0.05, 0) is 34.5 Å². The summed E-state index contributed by atoms with van der Waals surface area (Å²) in [5.74, 6) is -0.390. The topological polar surface area (TPSA) is 34.0 Å². The molecular formula is C17H16BrFN2OS. The van der Waals surface area contributed by atoms with E-state index in [0.29, 0.717) is 24.3 Å². The van der Waals surface area contributed by atoms with Gasteiger partial charge in [-0.2, -0.15) is 0 Å². The summed E-state index contributed by atoms with van der Waals surface area (Å²) in [6.07, 6.45) is 0.873. The third kappa shape index (κ3) is 3.19. The molecule has 0 fully saturated rings. The number of hydrogen-bond donors (Lipinski definition) is 1. The van der Waals surface area contributed by atoms with E-state index in [4.69, 9.17) is 0 Å². The summed E-state index contributed by atoms with van der Waals surface area (Å²) in [6, 6.07) is 8.53. The van der Waals surface area contributed by atoms with Crippen molar-refractivity contribution >= 4 is 43.4 Å². The van der Waals surface area contributed by atoms with Gasteiger partial charge in [0.2, 0.25) is 0 Å². The van der Waals surface area contributed by atoms with E-state index in [-0.39, 0.29) is 11.7 Å². The number of carbonyl (C=O) groups is 1. The number of aromatic nitrogens is 1. The number of fused-ring (bicyclic) bond motifs is 1. The molecule has 3 aromatic rings. The van der Waals surface area contributed by atoms with Crippen molar-refractivity contribution in [2.24, 2.45) is 0 Å². The molecule has 2 aromatic heterocycles. The maximum Gasteiger partial charge on any atom is 0.267 e. The molecule has 23 heavy (non-hydrogen) atoms. The fraction of sp³-hybridized carbons (Fsp3) is 0.235. The number of carbonyl (C=O) groups excluding carboxylic acids is 1. The normalized spacial score (nSPS) is 11.1. The van der Waals surface area contributed by atoms with Crippen molar-refractivity contribution < 1.29 is 9.18 Å². The predicted molar refractivity (Wildman–Crippen MR) is 95.6 cm³/mol. The maximum absolute atomic E-state index is 14.0. The number of nitrogens with one attached hydrogen (secondary N) is 1. The Morgan fingerprint density at radius 3 is 2.91 bits per heavy atom. The van der Waals surface area contributed by atoms with Gasteiger partial charge in [0.25, 0.3) is 5.91 Å². The number of hydrogen-bond acceptors (Lipinski definition) is 2. The standard InChI is InChI=1S/C17H16BrFN2OS/c1-2-7-20-17(22)14-8-15-16(12(18)10-23-15)21(14)9-11-5-3-4-6-13(11)19/h3-6,8,10H,2,7,9H2,1H3,(H,20,22). The first kappa shape index (κ1) is 16.2. The van der Waals surface area contributed by atoms with E-state index in [1.54, 1.807) is 29.5 Å². The molecule has 120 valence electrons. The Bertz CT molecular complexity index is 856. The van der Waals surface area contributed by atoms with Gasteiger partial charge in [0, 0.05) is 17.5 Å². The molecule has 1 aromatic carbocycles. The highest BCUT2D eigenvalue weighted by molar-refractivity contribution is 9.10. The number of amides is 1. The lowest BCUT2D eigenvalue weighted by atomic mass is 10.2. The third-order valence-corrected chi connectivity index (χ3v) is 5.46. The molecule has 0 saturated carbocycles. The highest BCUT2D eigenvalue weighted by atomic mass is 79.9. The fourth-order valence-electron chi connectivity index (χ4n) is 2.51. The van der Waals surface area contributed by atoms with Crippen LogP contribution in [-0.4, -0.2) is 17.0 Å². The van der Waals surface area contributed by atoms with Gasteiger partial charge in [0.1, 0.15) is 11.5 Å². The highest BCUT2D eigenvalue weighted by Gasteiger charge is 2.19. The van der Waals surface area contributed by atoms with Crippen molar-refractivity contribution in [1.29, 1.82) is 0 Å². The molecule has 6 heteroatoms. The number of thiophene rings is 1. The van der Waals surface area contributed by atoms with Crippen LogP contribution in [0.5, 0.6) is 0 Å². The first-order valence-corrected chi connectivity index (χ1v) is 9.07. The third-order valence-electron chi connectivity index (χ3n) is 3.63. The predicted octanol–water partition coefficient (Wildman–Crippen LogP) is 4.79. The van der Waals surface area contributed by atoms with E-state index < -0.39 is 0 Å². The number of benzene rings is 1. The molecule has 0 aliphatic carbocycles. The second kappa shape index (κ2) is 6.84. The van der Waals surface area contributed by atoms with Crippen molar-refractivity contribution in [1.82, 2.24) is 9.88 Å². The lowest BCUT2D eigenvalue weighted by Crippen LogP contribution is -2.26. The smallest absolute Gasteiger partial charge is 0.267 e. The van der Waals surface area contributed by atoms with Gasteiger partial charge in [-0.15, -0.1) is 11.3 Å². The van der Waals surface area contributed by atoms with Crippen molar-refractivity contribution in [3.63, 3.8) is 0 Å². The highest BCUT2D eigenvalue weighted by Crippen LogP contribution is 2.34. The monoisotopic (exact) mass is 394 g/mol. The zero-order valence-electron chi connectivity index (χ0n) is 12.6. The summed E-state index contributed by atoms with van der Waals surface area (Å²) in [5, 5.41) is 4.88. The summed E-state index contributed by atoms with van der Waals surface area (Å²) < 4.78 is 17.8. The number of rotatable bonds is 5. The average molecular weight is 395 g/mol. The Morgan fingerprint density at radius 1 is 1.39 bits per heavy atom. The van der Waals surface area contributed by atoms with E-state index >= 15 is 0 Å². The summed E-state index contributed by atoms with van der Waals surface area (Å²) in [4.78, 5) is 12.4. The van der Waals surface area contributed by atoms with Gasteiger partial charge in [-0.25, -0.2) is 4.39 Å². The van der Waals surface area contributed by atoms with Crippen LogP contribution in [0.3, 0.4) is 0 Å². The molecule has 0 saturated heterocycles. The number of nitrogens with zero attached hydrogens (tertiary/aromatic N) is 1. The van der Waals surface area contributed by atoms with Gasteiger partial charge in [-0.3, -0.25) is 4.79 Å². The average Bonchev–Trinajstić information content (AvgIpc) is 3.08. The second-order valence-corrected chi connectivity index (χ2v) is 7.03. The molecule has 0 bridgehead atoms. The van der Waals surface area contributed by atoms with Gasteiger partial charge >= 0.3 is 0 Å². The molecule has 1 N–H and O–H groups in total. The Morgan fingerprint density at radius 2 is 2.17 bits per heavy atom. The molecule has 1 amide bonds. The van der Waals surface area contributed by atoms with Gasteiger partial charge in [0.15, 0.2) is 0 Å². The largest absolute Gasteiger partial charge is 0.351 e. The van der Waals surface area contributed by atoms with Crippen LogP contribution in [0.2, 0.25) is 0 Å². The first-order valence-electron chi connectivity index (χ1n) is 7.39. The van der Waals surface area contributed by atoms with Crippen LogP contribution in [0.1, 0.15) is 29.4 Å². The van der Waals surface area contributed by atoms with Crippen LogP contribution in [0.15, 0.2) is 40.2 Å². The van der Waals surface area contributed by atoms with Crippen LogP contribution in [0, 0.1) is 5.82 Å². The fourth-order valence-corrected chi connectivity index (χ4v) is 4.20. The Labute approximate surface area is 146 Å². The lowest BCUT2D eigenvalue weighted by molar-refractivity contribution is 0.0945. The maximum atomic E-state index is 14.0. The SMILES string of the molecule is CCCNC(=O)c1cc2scc(Br)c2n1Cc1ccccc1F. The zero-order valence-corrected chi connectivity index (χ0v) is 15.0. The summed E-state index contributed by atoms with van der Waals surface area (Å²) in [7, 11) is 0. The van der Waals surface area contributed by atoms with Crippen LogP contribution < -0.4 is 5.32 Å².